The zero-order valence-corrected chi connectivity index (χ0v) is 13.4. The Labute approximate surface area is 145 Å². The lowest BCUT2D eigenvalue weighted by Gasteiger charge is -2.08. The highest BCUT2D eigenvalue weighted by Crippen LogP contribution is 2.32. The number of nitrogens with one attached hydrogen (secondary N) is 1. The second kappa shape index (κ2) is 6.65. The Kier molecular flexibility index (Phi) is 4.04. The molecule has 0 saturated carbocycles. The number of rotatable bonds is 4. The molecule has 1 N–H and O–H groups in total. The van der Waals surface area contributed by atoms with Gasteiger partial charge < -0.3 is 14.8 Å². The maximum atomic E-state index is 12.4. The van der Waals surface area contributed by atoms with E-state index in [-0.39, 0.29) is 12.7 Å². The van der Waals surface area contributed by atoms with Crippen molar-refractivity contribution in [2.24, 2.45) is 0 Å². The molecule has 1 aliphatic heterocycles. The first-order valence-electron chi connectivity index (χ1n) is 7.97. The fourth-order valence-corrected chi connectivity index (χ4v) is 2.69. The Hall–Kier alpha value is -3.34. The largest absolute Gasteiger partial charge is 0.454 e. The molecule has 1 aromatic heterocycles. The normalized spacial score (nSPS) is 12.0. The fraction of sp³-hybridized carbons (Fsp3) is 0.100. The van der Waals surface area contributed by atoms with Crippen LogP contribution < -0.4 is 14.8 Å². The molecule has 124 valence electrons. The van der Waals surface area contributed by atoms with Crippen molar-refractivity contribution in [1.29, 1.82) is 0 Å². The van der Waals surface area contributed by atoms with Crippen LogP contribution in [0.5, 0.6) is 11.5 Å². The fourth-order valence-electron chi connectivity index (χ4n) is 2.69. The summed E-state index contributed by atoms with van der Waals surface area (Å²) < 4.78 is 10.6. The number of carbonyl (C=O) groups is 1. The van der Waals surface area contributed by atoms with Gasteiger partial charge in [-0.3, -0.25) is 9.78 Å². The average molecular weight is 332 g/mol. The molecule has 0 spiro atoms. The Bertz CT molecular complexity index is 910. The summed E-state index contributed by atoms with van der Waals surface area (Å²) in [5, 5.41) is 2.91. The summed E-state index contributed by atoms with van der Waals surface area (Å²) >= 11 is 0. The lowest BCUT2D eigenvalue weighted by molar-refractivity contribution is 0.0950. The van der Waals surface area contributed by atoms with Gasteiger partial charge in [-0.1, -0.05) is 36.4 Å². The summed E-state index contributed by atoms with van der Waals surface area (Å²) in [7, 11) is 0. The predicted molar refractivity (Wildman–Crippen MR) is 93.4 cm³/mol. The molecule has 4 rings (SSSR count). The van der Waals surface area contributed by atoms with Crippen LogP contribution >= 0.6 is 0 Å². The molecule has 0 unspecified atom stereocenters. The van der Waals surface area contributed by atoms with Crippen LogP contribution in [0.15, 0.2) is 67.0 Å². The van der Waals surface area contributed by atoms with Crippen molar-refractivity contribution < 1.29 is 14.3 Å². The van der Waals surface area contributed by atoms with Gasteiger partial charge in [-0.15, -0.1) is 0 Å². The van der Waals surface area contributed by atoms with Crippen LogP contribution in [-0.2, 0) is 6.54 Å². The Morgan fingerprint density at radius 3 is 2.68 bits per heavy atom. The van der Waals surface area contributed by atoms with Gasteiger partial charge >= 0.3 is 0 Å². The zero-order chi connectivity index (χ0) is 17.1. The number of amides is 1. The first-order chi connectivity index (χ1) is 12.3. The number of hydrogen-bond acceptors (Lipinski definition) is 4. The van der Waals surface area contributed by atoms with Crippen LogP contribution in [0.4, 0.5) is 0 Å². The number of pyridine rings is 1. The molecule has 0 radical (unpaired) electrons. The van der Waals surface area contributed by atoms with E-state index in [1.165, 1.54) is 0 Å². The van der Waals surface area contributed by atoms with Gasteiger partial charge in [0.1, 0.15) is 0 Å². The van der Waals surface area contributed by atoms with Crippen molar-refractivity contribution in [3.8, 4) is 22.6 Å². The molecule has 0 saturated heterocycles. The van der Waals surface area contributed by atoms with Crippen molar-refractivity contribution in [1.82, 2.24) is 10.3 Å². The van der Waals surface area contributed by atoms with Gasteiger partial charge in [0.15, 0.2) is 11.5 Å². The van der Waals surface area contributed by atoms with Crippen LogP contribution in [0.3, 0.4) is 0 Å². The van der Waals surface area contributed by atoms with Crippen molar-refractivity contribution in [3.63, 3.8) is 0 Å². The monoisotopic (exact) mass is 332 g/mol. The van der Waals surface area contributed by atoms with Gasteiger partial charge in [0, 0.05) is 24.5 Å². The van der Waals surface area contributed by atoms with Crippen molar-refractivity contribution in [2.45, 2.75) is 6.54 Å². The second-order valence-corrected chi connectivity index (χ2v) is 5.70. The van der Waals surface area contributed by atoms with E-state index in [9.17, 15) is 4.79 Å². The van der Waals surface area contributed by atoms with E-state index in [1.807, 2.05) is 54.6 Å². The minimum atomic E-state index is -0.164. The Morgan fingerprint density at radius 1 is 0.960 bits per heavy atom. The molecule has 0 atom stereocenters. The topological polar surface area (TPSA) is 60.5 Å². The standard InChI is InChI=1S/C20H16N2O3/c23-20(22-10-14-6-7-18-19(8-14)25-13-24-18)17-9-16(11-21-12-17)15-4-2-1-3-5-15/h1-9,11-12H,10,13H2,(H,22,23). The van der Waals surface area contributed by atoms with Gasteiger partial charge in [0.2, 0.25) is 6.79 Å². The number of benzene rings is 2. The Morgan fingerprint density at radius 2 is 1.80 bits per heavy atom. The van der Waals surface area contributed by atoms with E-state index < -0.39 is 0 Å². The van der Waals surface area contributed by atoms with Crippen LogP contribution in [0.1, 0.15) is 15.9 Å². The summed E-state index contributed by atoms with van der Waals surface area (Å²) in [5.41, 5.74) is 3.42. The summed E-state index contributed by atoms with van der Waals surface area (Å²) in [6.45, 7) is 0.647. The van der Waals surface area contributed by atoms with Crippen molar-refractivity contribution >= 4 is 5.91 Å². The third-order valence-electron chi connectivity index (χ3n) is 4.00. The number of ether oxygens (including phenoxy) is 2. The van der Waals surface area contributed by atoms with E-state index in [0.29, 0.717) is 17.9 Å². The Balaban J connectivity index is 1.46. The van der Waals surface area contributed by atoms with E-state index in [0.717, 1.165) is 22.4 Å². The summed E-state index contributed by atoms with van der Waals surface area (Å²) in [5.74, 6) is 1.28. The number of carbonyl (C=O) groups excluding carboxylic acids is 1. The van der Waals surface area contributed by atoms with Gasteiger partial charge in [-0.05, 0) is 29.3 Å². The summed E-state index contributed by atoms with van der Waals surface area (Å²) in [6, 6.07) is 17.3. The molecule has 2 aromatic carbocycles. The molecule has 1 aliphatic rings. The van der Waals surface area contributed by atoms with Gasteiger partial charge in [-0.2, -0.15) is 0 Å². The van der Waals surface area contributed by atoms with Crippen molar-refractivity contribution in [2.75, 3.05) is 6.79 Å². The van der Waals surface area contributed by atoms with E-state index in [4.69, 9.17) is 9.47 Å². The van der Waals surface area contributed by atoms with Gasteiger partial charge in [0.05, 0.1) is 5.56 Å². The SMILES string of the molecule is O=C(NCc1ccc2c(c1)OCO2)c1cncc(-c2ccccc2)c1. The molecular weight excluding hydrogens is 316 g/mol. The average Bonchev–Trinajstić information content (AvgIpc) is 3.15. The first-order valence-corrected chi connectivity index (χ1v) is 7.97. The molecular formula is C20H16N2O3. The minimum Gasteiger partial charge on any atom is -0.454 e. The summed E-state index contributed by atoms with van der Waals surface area (Å²) in [6.07, 6.45) is 3.32. The molecule has 25 heavy (non-hydrogen) atoms. The number of nitrogens with zero attached hydrogens (tertiary/aromatic N) is 1. The minimum absolute atomic E-state index is 0.164. The lowest BCUT2D eigenvalue weighted by Crippen LogP contribution is -2.22. The van der Waals surface area contributed by atoms with E-state index in [1.54, 1.807) is 12.4 Å². The van der Waals surface area contributed by atoms with Crippen LogP contribution in [0.25, 0.3) is 11.1 Å². The molecule has 3 aromatic rings. The molecule has 0 bridgehead atoms. The highest BCUT2D eigenvalue weighted by molar-refractivity contribution is 5.95. The molecule has 5 nitrogen and oxygen atoms in total. The number of aromatic nitrogens is 1. The maximum absolute atomic E-state index is 12.4. The van der Waals surface area contributed by atoms with Crippen LogP contribution in [0.2, 0.25) is 0 Å². The number of fused-ring (bicyclic) bond motifs is 1. The lowest BCUT2D eigenvalue weighted by atomic mass is 10.1. The highest BCUT2D eigenvalue weighted by Gasteiger charge is 2.14. The van der Waals surface area contributed by atoms with Crippen LogP contribution in [0, 0.1) is 0 Å². The molecule has 2 heterocycles. The van der Waals surface area contributed by atoms with Gasteiger partial charge in [-0.25, -0.2) is 0 Å². The highest BCUT2D eigenvalue weighted by atomic mass is 16.7. The third kappa shape index (κ3) is 3.30. The van der Waals surface area contributed by atoms with E-state index >= 15 is 0 Å². The molecule has 0 fully saturated rings. The molecule has 1 amide bonds. The predicted octanol–water partition coefficient (Wildman–Crippen LogP) is 3.41. The van der Waals surface area contributed by atoms with Gasteiger partial charge in [0.25, 0.3) is 5.91 Å². The first kappa shape index (κ1) is 15.2. The number of hydrogen-bond donors (Lipinski definition) is 1. The van der Waals surface area contributed by atoms with E-state index in [2.05, 4.69) is 10.3 Å². The third-order valence-corrected chi connectivity index (χ3v) is 4.00. The summed E-state index contributed by atoms with van der Waals surface area (Å²) in [4.78, 5) is 16.6. The van der Waals surface area contributed by atoms with Crippen LogP contribution in [-0.4, -0.2) is 17.7 Å². The zero-order valence-electron chi connectivity index (χ0n) is 13.4. The quantitative estimate of drug-likeness (QED) is 0.795. The van der Waals surface area contributed by atoms with Crippen molar-refractivity contribution in [3.05, 3.63) is 78.1 Å². The smallest absolute Gasteiger partial charge is 0.253 e. The maximum Gasteiger partial charge on any atom is 0.253 e. The molecule has 0 aliphatic carbocycles. The second-order valence-electron chi connectivity index (χ2n) is 5.70. The molecule has 5 heteroatoms.